The van der Waals surface area contributed by atoms with E-state index in [0.29, 0.717) is 6.61 Å². The van der Waals surface area contributed by atoms with Gasteiger partial charge >= 0.3 is 0 Å². The van der Waals surface area contributed by atoms with Gasteiger partial charge in [0.2, 0.25) is 0 Å². The lowest BCUT2D eigenvalue weighted by molar-refractivity contribution is 0.298. The molecule has 0 radical (unpaired) electrons. The van der Waals surface area contributed by atoms with E-state index >= 15 is 0 Å². The number of ether oxygens (including phenoxy) is 1. The first-order valence-corrected chi connectivity index (χ1v) is 8.84. The van der Waals surface area contributed by atoms with Crippen molar-refractivity contribution >= 4 is 11.3 Å². The van der Waals surface area contributed by atoms with E-state index in [-0.39, 0.29) is 0 Å². The summed E-state index contributed by atoms with van der Waals surface area (Å²) in [5.74, 6) is 2.56. The Labute approximate surface area is 149 Å². The molecule has 0 bridgehead atoms. The second-order valence-electron chi connectivity index (χ2n) is 5.53. The normalized spacial score (nSPS) is 10.9. The number of benzene rings is 1. The lowest BCUT2D eigenvalue weighted by Gasteiger charge is -2.10. The number of imidazole rings is 1. The van der Waals surface area contributed by atoms with Crippen molar-refractivity contribution in [2.75, 3.05) is 6.61 Å². The van der Waals surface area contributed by atoms with Crippen LogP contribution in [0.2, 0.25) is 0 Å². The van der Waals surface area contributed by atoms with Crippen LogP contribution in [0.5, 0.6) is 5.75 Å². The van der Waals surface area contributed by atoms with Gasteiger partial charge in [-0.3, -0.25) is 4.57 Å². The number of hydrogen-bond acceptors (Lipinski definition) is 5. The second-order valence-corrected chi connectivity index (χ2v) is 6.47. The summed E-state index contributed by atoms with van der Waals surface area (Å²) in [6, 6.07) is 12.1. The molecule has 0 aliphatic rings. The van der Waals surface area contributed by atoms with Crippen molar-refractivity contribution in [1.29, 1.82) is 0 Å². The molecule has 0 atom stereocenters. The SMILES string of the molecule is Cc1nnc(-c2cccs2)n1-c1ccc(OCCn2ccnc2)cc1. The molecule has 0 fully saturated rings. The second kappa shape index (κ2) is 6.90. The predicted octanol–water partition coefficient (Wildman–Crippen LogP) is 3.58. The van der Waals surface area contributed by atoms with Crippen LogP contribution < -0.4 is 4.74 Å². The predicted molar refractivity (Wildman–Crippen MR) is 97.1 cm³/mol. The van der Waals surface area contributed by atoms with E-state index in [1.54, 1.807) is 23.9 Å². The summed E-state index contributed by atoms with van der Waals surface area (Å²) >= 11 is 1.66. The van der Waals surface area contributed by atoms with E-state index in [2.05, 4.69) is 25.8 Å². The zero-order valence-corrected chi connectivity index (χ0v) is 14.6. The Morgan fingerprint density at radius 1 is 1.12 bits per heavy atom. The minimum atomic E-state index is 0.599. The summed E-state index contributed by atoms with van der Waals surface area (Å²) < 4.78 is 9.84. The van der Waals surface area contributed by atoms with Gasteiger partial charge in [0.1, 0.15) is 18.2 Å². The molecule has 3 aromatic heterocycles. The lowest BCUT2D eigenvalue weighted by Crippen LogP contribution is -2.06. The molecule has 0 spiro atoms. The molecule has 1 aromatic carbocycles. The van der Waals surface area contributed by atoms with Crippen LogP contribution in [0.3, 0.4) is 0 Å². The summed E-state index contributed by atoms with van der Waals surface area (Å²) in [5, 5.41) is 10.6. The summed E-state index contributed by atoms with van der Waals surface area (Å²) in [5.41, 5.74) is 1.02. The van der Waals surface area contributed by atoms with E-state index in [1.165, 1.54) is 0 Å². The van der Waals surface area contributed by atoms with Gasteiger partial charge in [-0.2, -0.15) is 0 Å². The van der Waals surface area contributed by atoms with Gasteiger partial charge in [0.05, 0.1) is 17.7 Å². The molecule has 0 N–H and O–H groups in total. The van der Waals surface area contributed by atoms with Crippen molar-refractivity contribution < 1.29 is 4.74 Å². The van der Waals surface area contributed by atoms with Crippen LogP contribution in [0.4, 0.5) is 0 Å². The maximum atomic E-state index is 5.80. The van der Waals surface area contributed by atoms with E-state index in [1.807, 2.05) is 53.4 Å². The van der Waals surface area contributed by atoms with Crippen LogP contribution in [0.25, 0.3) is 16.4 Å². The third-order valence-electron chi connectivity index (χ3n) is 3.84. The first-order chi connectivity index (χ1) is 12.3. The largest absolute Gasteiger partial charge is 0.492 e. The molecule has 0 saturated heterocycles. The van der Waals surface area contributed by atoms with Crippen molar-refractivity contribution in [3.8, 4) is 22.1 Å². The monoisotopic (exact) mass is 351 g/mol. The highest BCUT2D eigenvalue weighted by Gasteiger charge is 2.13. The third-order valence-corrected chi connectivity index (χ3v) is 4.70. The number of rotatable bonds is 6. The number of aryl methyl sites for hydroxylation is 1. The Balaban J connectivity index is 1.50. The smallest absolute Gasteiger partial charge is 0.178 e. The molecule has 4 aromatic rings. The first kappa shape index (κ1) is 15.6. The van der Waals surface area contributed by atoms with Crippen LogP contribution in [0.1, 0.15) is 5.82 Å². The van der Waals surface area contributed by atoms with Gasteiger partial charge in [0, 0.05) is 18.1 Å². The molecule has 4 rings (SSSR count). The number of aromatic nitrogens is 5. The van der Waals surface area contributed by atoms with Crippen LogP contribution in [-0.4, -0.2) is 30.9 Å². The maximum absolute atomic E-state index is 5.80. The molecule has 0 unspecified atom stereocenters. The number of nitrogens with zero attached hydrogens (tertiary/aromatic N) is 5. The van der Waals surface area contributed by atoms with Crippen LogP contribution in [0, 0.1) is 6.92 Å². The van der Waals surface area contributed by atoms with E-state index < -0.39 is 0 Å². The Hall–Kier alpha value is -2.93. The topological polar surface area (TPSA) is 57.8 Å². The maximum Gasteiger partial charge on any atom is 0.178 e. The molecule has 0 aliphatic heterocycles. The van der Waals surface area contributed by atoms with Crippen molar-refractivity contribution in [2.45, 2.75) is 13.5 Å². The van der Waals surface area contributed by atoms with Gasteiger partial charge in [-0.15, -0.1) is 21.5 Å². The van der Waals surface area contributed by atoms with Gasteiger partial charge in [0.25, 0.3) is 0 Å². The highest BCUT2D eigenvalue weighted by molar-refractivity contribution is 7.13. The standard InChI is InChI=1S/C18H17N5OS/c1-14-20-21-18(17-3-2-12-25-17)23(14)15-4-6-16(7-5-15)24-11-10-22-9-8-19-13-22/h2-9,12-13H,10-11H2,1H3. The van der Waals surface area contributed by atoms with Crippen molar-refractivity contribution in [2.24, 2.45) is 0 Å². The van der Waals surface area contributed by atoms with Crippen molar-refractivity contribution in [3.63, 3.8) is 0 Å². The Morgan fingerprint density at radius 2 is 2.00 bits per heavy atom. The fraction of sp³-hybridized carbons (Fsp3) is 0.167. The van der Waals surface area contributed by atoms with Crippen LogP contribution in [-0.2, 0) is 6.54 Å². The fourth-order valence-corrected chi connectivity index (χ4v) is 3.31. The molecule has 0 saturated carbocycles. The molecule has 3 heterocycles. The van der Waals surface area contributed by atoms with E-state index in [9.17, 15) is 0 Å². The van der Waals surface area contributed by atoms with Gasteiger partial charge in [-0.1, -0.05) is 6.07 Å². The van der Waals surface area contributed by atoms with Crippen LogP contribution in [0.15, 0.2) is 60.5 Å². The molecular weight excluding hydrogens is 334 g/mol. The Morgan fingerprint density at radius 3 is 2.72 bits per heavy atom. The Kier molecular flexibility index (Phi) is 4.30. The molecule has 6 nitrogen and oxygen atoms in total. The van der Waals surface area contributed by atoms with Gasteiger partial charge < -0.3 is 9.30 Å². The summed E-state index contributed by atoms with van der Waals surface area (Å²) in [6.07, 6.45) is 5.47. The summed E-state index contributed by atoms with van der Waals surface area (Å²) in [4.78, 5) is 5.12. The fourth-order valence-electron chi connectivity index (χ4n) is 2.62. The van der Waals surface area contributed by atoms with Gasteiger partial charge in [0.15, 0.2) is 5.82 Å². The Bertz CT molecular complexity index is 927. The highest BCUT2D eigenvalue weighted by atomic mass is 32.1. The minimum Gasteiger partial charge on any atom is -0.492 e. The molecule has 0 aliphatic carbocycles. The number of thiophene rings is 1. The minimum absolute atomic E-state index is 0.599. The summed E-state index contributed by atoms with van der Waals surface area (Å²) in [6.45, 7) is 3.33. The lowest BCUT2D eigenvalue weighted by atomic mass is 10.3. The first-order valence-electron chi connectivity index (χ1n) is 7.96. The molecular formula is C18H17N5OS. The summed E-state index contributed by atoms with van der Waals surface area (Å²) in [7, 11) is 0. The van der Waals surface area contributed by atoms with E-state index in [0.717, 1.165) is 34.5 Å². The number of hydrogen-bond donors (Lipinski definition) is 0. The quantitative estimate of drug-likeness (QED) is 0.533. The average Bonchev–Trinajstić information content (AvgIpc) is 3.37. The zero-order chi connectivity index (χ0) is 17.1. The molecule has 0 amide bonds. The zero-order valence-electron chi connectivity index (χ0n) is 13.7. The van der Waals surface area contributed by atoms with Crippen LogP contribution >= 0.6 is 11.3 Å². The third kappa shape index (κ3) is 3.32. The van der Waals surface area contributed by atoms with E-state index in [4.69, 9.17) is 4.74 Å². The van der Waals surface area contributed by atoms with Crippen molar-refractivity contribution in [3.05, 3.63) is 66.3 Å². The molecule has 25 heavy (non-hydrogen) atoms. The highest BCUT2D eigenvalue weighted by Crippen LogP contribution is 2.27. The van der Waals surface area contributed by atoms with Gasteiger partial charge in [-0.05, 0) is 42.6 Å². The van der Waals surface area contributed by atoms with Gasteiger partial charge in [-0.25, -0.2) is 4.98 Å². The van der Waals surface area contributed by atoms with Crippen molar-refractivity contribution in [1.82, 2.24) is 24.3 Å². The molecule has 126 valence electrons. The molecule has 7 heteroatoms. The average molecular weight is 351 g/mol.